The second kappa shape index (κ2) is 6.91. The Morgan fingerprint density at radius 3 is 2.57 bits per heavy atom. The van der Waals surface area contributed by atoms with Gasteiger partial charge in [0.05, 0.1) is 11.9 Å². The zero-order chi connectivity index (χ0) is 17.2. The summed E-state index contributed by atoms with van der Waals surface area (Å²) in [5.41, 5.74) is 2.66. The largest absolute Gasteiger partial charge is 0.341 e. The first kappa shape index (κ1) is 17.8. The first-order valence-corrected chi connectivity index (χ1v) is 9.86. The number of sulfonamides is 1. The van der Waals surface area contributed by atoms with Crippen molar-refractivity contribution in [1.29, 1.82) is 0 Å². The van der Waals surface area contributed by atoms with E-state index in [1.165, 1.54) is 4.31 Å². The molecule has 2 rings (SSSR count). The summed E-state index contributed by atoms with van der Waals surface area (Å²) < 4.78 is 25.5. The summed E-state index contributed by atoms with van der Waals surface area (Å²) in [5.74, 6) is 0.348. The Morgan fingerprint density at radius 1 is 1.30 bits per heavy atom. The molecular formula is C17H26N2O3S. The van der Waals surface area contributed by atoms with E-state index in [2.05, 4.69) is 6.92 Å². The van der Waals surface area contributed by atoms with Gasteiger partial charge in [0.15, 0.2) is 0 Å². The van der Waals surface area contributed by atoms with Gasteiger partial charge in [-0.25, -0.2) is 8.42 Å². The lowest BCUT2D eigenvalue weighted by Gasteiger charge is -2.33. The van der Waals surface area contributed by atoms with Gasteiger partial charge in [-0.2, -0.15) is 0 Å². The Morgan fingerprint density at radius 2 is 2.00 bits per heavy atom. The van der Waals surface area contributed by atoms with E-state index in [0.29, 0.717) is 24.7 Å². The summed E-state index contributed by atoms with van der Waals surface area (Å²) in [6.45, 7) is 7.33. The quantitative estimate of drug-likeness (QED) is 0.846. The van der Waals surface area contributed by atoms with Crippen molar-refractivity contribution >= 4 is 21.6 Å². The molecule has 0 aliphatic carbocycles. The van der Waals surface area contributed by atoms with Crippen LogP contribution in [0.1, 0.15) is 30.9 Å². The SMILES string of the molecule is Cc1ccc(N(CC(=O)N2CCCC(C)C2)S(C)(=O)=O)cc1C. The molecule has 1 aromatic rings. The van der Waals surface area contributed by atoms with Crippen LogP contribution in [0, 0.1) is 19.8 Å². The van der Waals surface area contributed by atoms with Crippen molar-refractivity contribution in [2.24, 2.45) is 5.92 Å². The fourth-order valence-corrected chi connectivity index (χ4v) is 3.76. The summed E-state index contributed by atoms with van der Waals surface area (Å²) in [4.78, 5) is 14.3. The van der Waals surface area contributed by atoms with Gasteiger partial charge in [0, 0.05) is 13.1 Å². The molecule has 128 valence electrons. The van der Waals surface area contributed by atoms with Gasteiger partial charge in [-0.1, -0.05) is 13.0 Å². The third kappa shape index (κ3) is 4.47. The molecule has 0 aromatic heterocycles. The maximum absolute atomic E-state index is 12.5. The van der Waals surface area contributed by atoms with E-state index >= 15 is 0 Å². The molecule has 1 aliphatic rings. The predicted octanol–water partition coefficient (Wildman–Crippen LogP) is 2.33. The third-order valence-electron chi connectivity index (χ3n) is 4.47. The minimum atomic E-state index is -3.51. The number of aryl methyl sites for hydroxylation is 2. The Kier molecular flexibility index (Phi) is 5.34. The Balaban J connectivity index is 2.22. The van der Waals surface area contributed by atoms with Crippen molar-refractivity contribution < 1.29 is 13.2 Å². The van der Waals surface area contributed by atoms with Crippen LogP contribution in [0.3, 0.4) is 0 Å². The highest BCUT2D eigenvalue weighted by atomic mass is 32.2. The Hall–Kier alpha value is -1.56. The van der Waals surface area contributed by atoms with Crippen molar-refractivity contribution in [3.8, 4) is 0 Å². The summed E-state index contributed by atoms with van der Waals surface area (Å²) in [7, 11) is -3.51. The van der Waals surface area contributed by atoms with Gasteiger partial charge in [-0.3, -0.25) is 9.10 Å². The van der Waals surface area contributed by atoms with Crippen molar-refractivity contribution in [3.05, 3.63) is 29.3 Å². The number of likely N-dealkylation sites (tertiary alicyclic amines) is 1. The molecule has 5 nitrogen and oxygen atoms in total. The molecule has 23 heavy (non-hydrogen) atoms. The van der Waals surface area contributed by atoms with Crippen molar-refractivity contribution in [2.75, 3.05) is 30.2 Å². The van der Waals surface area contributed by atoms with Gasteiger partial charge >= 0.3 is 0 Å². The van der Waals surface area contributed by atoms with Gasteiger partial charge in [-0.15, -0.1) is 0 Å². The lowest BCUT2D eigenvalue weighted by Crippen LogP contribution is -2.46. The number of nitrogens with zero attached hydrogens (tertiary/aromatic N) is 2. The molecule has 0 spiro atoms. The first-order chi connectivity index (χ1) is 10.7. The summed E-state index contributed by atoms with van der Waals surface area (Å²) in [5, 5.41) is 0. The lowest BCUT2D eigenvalue weighted by atomic mass is 10.0. The number of hydrogen-bond donors (Lipinski definition) is 0. The maximum Gasteiger partial charge on any atom is 0.243 e. The van der Waals surface area contributed by atoms with E-state index in [1.807, 2.05) is 26.0 Å². The normalized spacial score (nSPS) is 18.8. The van der Waals surface area contributed by atoms with Gasteiger partial charge in [0.2, 0.25) is 15.9 Å². The molecule has 1 amide bonds. The molecule has 0 N–H and O–H groups in total. The number of benzene rings is 1. The van der Waals surface area contributed by atoms with E-state index < -0.39 is 10.0 Å². The molecular weight excluding hydrogens is 312 g/mol. The van der Waals surface area contributed by atoms with Gasteiger partial charge in [0.1, 0.15) is 6.54 Å². The van der Waals surface area contributed by atoms with E-state index in [-0.39, 0.29) is 12.5 Å². The van der Waals surface area contributed by atoms with Gasteiger partial charge < -0.3 is 4.90 Å². The van der Waals surface area contributed by atoms with Crippen LogP contribution >= 0.6 is 0 Å². The monoisotopic (exact) mass is 338 g/mol. The summed E-state index contributed by atoms with van der Waals surface area (Å²) in [6, 6.07) is 5.47. The fraction of sp³-hybridized carbons (Fsp3) is 0.588. The number of anilines is 1. The van der Waals surface area contributed by atoms with Crippen LogP contribution in [0.4, 0.5) is 5.69 Å². The van der Waals surface area contributed by atoms with Gasteiger partial charge in [-0.05, 0) is 55.9 Å². The molecule has 1 aliphatic heterocycles. The number of carbonyl (C=O) groups excluding carboxylic acids is 1. The zero-order valence-electron chi connectivity index (χ0n) is 14.4. The molecule has 1 atom stereocenters. The molecule has 0 bridgehead atoms. The van der Waals surface area contributed by atoms with E-state index in [4.69, 9.17) is 0 Å². The average molecular weight is 338 g/mol. The van der Waals surface area contributed by atoms with Crippen LogP contribution in [-0.2, 0) is 14.8 Å². The van der Waals surface area contributed by atoms with Gasteiger partial charge in [0.25, 0.3) is 0 Å². The summed E-state index contributed by atoms with van der Waals surface area (Å²) >= 11 is 0. The molecule has 0 saturated carbocycles. The standard InChI is InChI=1S/C17H26N2O3S/c1-13-6-5-9-18(11-13)17(20)12-19(23(4,21)22)16-8-7-14(2)15(3)10-16/h7-8,10,13H,5-6,9,11-12H2,1-4H3. The van der Waals surface area contributed by atoms with Crippen molar-refractivity contribution in [2.45, 2.75) is 33.6 Å². The maximum atomic E-state index is 12.5. The average Bonchev–Trinajstić information content (AvgIpc) is 2.46. The van der Waals surface area contributed by atoms with Crippen LogP contribution in [0.25, 0.3) is 0 Å². The second-order valence-electron chi connectivity index (χ2n) is 6.63. The van der Waals surface area contributed by atoms with E-state index in [9.17, 15) is 13.2 Å². The fourth-order valence-electron chi connectivity index (χ4n) is 2.92. The summed E-state index contributed by atoms with van der Waals surface area (Å²) in [6.07, 6.45) is 3.25. The van der Waals surface area contributed by atoms with Crippen molar-refractivity contribution in [1.82, 2.24) is 4.90 Å². The van der Waals surface area contributed by atoms with Crippen LogP contribution in [0.15, 0.2) is 18.2 Å². The smallest absolute Gasteiger partial charge is 0.243 e. The molecule has 0 radical (unpaired) electrons. The molecule has 1 heterocycles. The number of rotatable bonds is 4. The molecule has 1 unspecified atom stereocenters. The first-order valence-electron chi connectivity index (χ1n) is 8.01. The number of piperidine rings is 1. The molecule has 6 heteroatoms. The molecule has 1 fully saturated rings. The number of amides is 1. The van der Waals surface area contributed by atoms with E-state index in [1.54, 1.807) is 11.0 Å². The highest BCUT2D eigenvalue weighted by Gasteiger charge is 2.26. The number of hydrogen-bond acceptors (Lipinski definition) is 3. The zero-order valence-corrected chi connectivity index (χ0v) is 15.2. The highest BCUT2D eigenvalue weighted by molar-refractivity contribution is 7.92. The van der Waals surface area contributed by atoms with E-state index in [0.717, 1.165) is 30.2 Å². The highest BCUT2D eigenvalue weighted by Crippen LogP contribution is 2.22. The molecule has 1 saturated heterocycles. The second-order valence-corrected chi connectivity index (χ2v) is 8.53. The predicted molar refractivity (Wildman–Crippen MR) is 93.1 cm³/mol. The lowest BCUT2D eigenvalue weighted by molar-refractivity contribution is -0.131. The topological polar surface area (TPSA) is 57.7 Å². The number of carbonyl (C=O) groups is 1. The Bertz CT molecular complexity index is 685. The van der Waals surface area contributed by atoms with Crippen molar-refractivity contribution in [3.63, 3.8) is 0 Å². The Labute approximate surface area is 139 Å². The van der Waals surface area contributed by atoms with Crippen LogP contribution in [0.2, 0.25) is 0 Å². The van der Waals surface area contributed by atoms with Crippen LogP contribution in [-0.4, -0.2) is 45.1 Å². The third-order valence-corrected chi connectivity index (χ3v) is 5.61. The molecule has 1 aromatic carbocycles. The van der Waals surface area contributed by atoms with Crippen LogP contribution in [0.5, 0.6) is 0 Å². The minimum Gasteiger partial charge on any atom is -0.341 e. The minimum absolute atomic E-state index is 0.125. The van der Waals surface area contributed by atoms with Crippen LogP contribution < -0.4 is 4.31 Å².